The summed E-state index contributed by atoms with van der Waals surface area (Å²) in [5.74, 6) is 0.0478. The molecular weight excluding hydrogens is 412 g/mol. The van der Waals surface area contributed by atoms with Crippen LogP contribution in [0.4, 0.5) is 5.69 Å². The summed E-state index contributed by atoms with van der Waals surface area (Å²) >= 11 is 5.64. The summed E-state index contributed by atoms with van der Waals surface area (Å²) in [7, 11) is 0. The summed E-state index contributed by atoms with van der Waals surface area (Å²) in [4.78, 5) is 27.7. The molecule has 2 amide bonds. The summed E-state index contributed by atoms with van der Waals surface area (Å²) in [6.45, 7) is 6.50. The molecular formula is C23H24N4O3S. The molecule has 0 spiro atoms. The number of carbonyl (C=O) groups is 2. The lowest BCUT2D eigenvalue weighted by Gasteiger charge is -2.29. The van der Waals surface area contributed by atoms with E-state index in [0.717, 1.165) is 5.56 Å². The number of nitrogens with two attached hydrogens (primary N) is 1. The fourth-order valence-electron chi connectivity index (χ4n) is 3.48. The molecule has 1 saturated heterocycles. The number of carbonyl (C=O) groups excluding carboxylic acids is 2. The monoisotopic (exact) mass is 436 g/mol. The van der Waals surface area contributed by atoms with E-state index in [0.29, 0.717) is 47.2 Å². The van der Waals surface area contributed by atoms with E-state index in [1.165, 1.54) is 4.90 Å². The Hall–Kier alpha value is -3.44. The molecule has 0 saturated carbocycles. The van der Waals surface area contributed by atoms with Crippen LogP contribution in [0.15, 0.2) is 42.5 Å². The van der Waals surface area contributed by atoms with Gasteiger partial charge in [0.25, 0.3) is 5.91 Å². The van der Waals surface area contributed by atoms with E-state index in [1.807, 2.05) is 25.7 Å². The average molecular weight is 437 g/mol. The van der Waals surface area contributed by atoms with Crippen LogP contribution in [-0.2, 0) is 4.79 Å². The number of amides is 2. The second-order valence-electron chi connectivity index (χ2n) is 7.84. The fraction of sp³-hybridized carbons (Fsp3) is 0.304. The number of ether oxygens (including phenoxy) is 1. The molecule has 0 aromatic heterocycles. The van der Waals surface area contributed by atoms with E-state index in [4.69, 9.17) is 28.0 Å². The highest BCUT2D eigenvalue weighted by atomic mass is 32.1. The minimum atomic E-state index is -0.790. The van der Waals surface area contributed by atoms with Gasteiger partial charge in [-0.05, 0) is 87.4 Å². The number of nitriles is 1. The molecule has 2 aromatic carbocycles. The van der Waals surface area contributed by atoms with Crippen molar-refractivity contribution in [2.24, 2.45) is 5.73 Å². The highest BCUT2D eigenvalue weighted by Gasteiger charge is 2.49. The summed E-state index contributed by atoms with van der Waals surface area (Å²) < 4.78 is 5.73. The van der Waals surface area contributed by atoms with E-state index in [1.54, 1.807) is 42.5 Å². The lowest BCUT2D eigenvalue weighted by Crippen LogP contribution is -2.44. The van der Waals surface area contributed by atoms with Crippen LogP contribution in [0, 0.1) is 18.3 Å². The Morgan fingerprint density at radius 1 is 1.23 bits per heavy atom. The molecule has 7 nitrogen and oxygen atoms in total. The Kier molecular flexibility index (Phi) is 6.27. The van der Waals surface area contributed by atoms with Gasteiger partial charge in [0.2, 0.25) is 5.91 Å². The van der Waals surface area contributed by atoms with Crippen molar-refractivity contribution in [1.82, 2.24) is 4.90 Å². The van der Waals surface area contributed by atoms with Gasteiger partial charge in [-0.1, -0.05) is 0 Å². The maximum absolute atomic E-state index is 13.1. The molecule has 3 rings (SSSR count). The summed E-state index contributed by atoms with van der Waals surface area (Å²) in [6.07, 6.45) is 0.647. The smallest absolute Gasteiger partial charge is 0.258 e. The number of nitrogens with zero attached hydrogens (tertiary/aromatic N) is 3. The van der Waals surface area contributed by atoms with Crippen LogP contribution >= 0.6 is 12.2 Å². The maximum Gasteiger partial charge on any atom is 0.258 e. The number of benzene rings is 2. The van der Waals surface area contributed by atoms with Crippen molar-refractivity contribution in [1.29, 1.82) is 5.26 Å². The molecule has 31 heavy (non-hydrogen) atoms. The topological polar surface area (TPSA) is 99.7 Å². The highest BCUT2D eigenvalue weighted by molar-refractivity contribution is 7.80. The molecule has 0 bridgehead atoms. The highest BCUT2D eigenvalue weighted by Crippen LogP contribution is 2.33. The number of primary amides is 1. The Morgan fingerprint density at radius 2 is 1.90 bits per heavy atom. The van der Waals surface area contributed by atoms with Crippen molar-refractivity contribution in [3.8, 4) is 11.8 Å². The number of thiocarbonyl (C=S) groups is 1. The lowest BCUT2D eigenvalue weighted by atomic mass is 10.0. The van der Waals surface area contributed by atoms with E-state index < -0.39 is 11.4 Å². The molecule has 1 aliphatic heterocycles. The molecule has 0 radical (unpaired) electrons. The van der Waals surface area contributed by atoms with Gasteiger partial charge in [0.1, 0.15) is 11.3 Å². The molecule has 160 valence electrons. The van der Waals surface area contributed by atoms with Gasteiger partial charge >= 0.3 is 0 Å². The molecule has 1 fully saturated rings. The standard InChI is InChI=1S/C23H24N4O3S/c1-15-13-18(8-5-17(15)14-24)27-21(29)23(2,3)26(22(27)31)11-4-12-30-19-9-6-16(7-10-19)20(25)28/h5-10,13H,4,11-12H2,1-3H3,(H2,25,28). The van der Waals surface area contributed by atoms with E-state index >= 15 is 0 Å². The zero-order valence-corrected chi connectivity index (χ0v) is 18.5. The Balaban J connectivity index is 1.65. The quantitative estimate of drug-likeness (QED) is 0.529. The Labute approximate surface area is 187 Å². The third-order valence-electron chi connectivity index (χ3n) is 5.35. The second kappa shape index (κ2) is 8.74. The number of anilines is 1. The van der Waals surface area contributed by atoms with Crippen molar-refractivity contribution in [3.63, 3.8) is 0 Å². The zero-order chi connectivity index (χ0) is 22.8. The number of hydrogen-bond acceptors (Lipinski definition) is 5. The third kappa shape index (κ3) is 4.37. The lowest BCUT2D eigenvalue weighted by molar-refractivity contribution is -0.123. The molecule has 0 unspecified atom stereocenters. The first-order chi connectivity index (χ1) is 14.7. The van der Waals surface area contributed by atoms with Crippen molar-refractivity contribution >= 4 is 34.8 Å². The van der Waals surface area contributed by atoms with Crippen LogP contribution in [-0.4, -0.2) is 40.5 Å². The summed E-state index contributed by atoms with van der Waals surface area (Å²) in [6, 6.07) is 14.0. The Morgan fingerprint density at radius 3 is 2.48 bits per heavy atom. The summed E-state index contributed by atoms with van der Waals surface area (Å²) in [5, 5.41) is 9.58. The normalized spacial score (nSPS) is 15.2. The van der Waals surface area contributed by atoms with Crippen molar-refractivity contribution in [2.45, 2.75) is 32.7 Å². The van der Waals surface area contributed by atoms with Crippen LogP contribution in [0.5, 0.6) is 5.75 Å². The van der Waals surface area contributed by atoms with Gasteiger partial charge in [-0.2, -0.15) is 5.26 Å². The van der Waals surface area contributed by atoms with Gasteiger partial charge in [0.05, 0.1) is 23.9 Å². The van der Waals surface area contributed by atoms with Crippen molar-refractivity contribution < 1.29 is 14.3 Å². The molecule has 1 heterocycles. The average Bonchev–Trinajstić information content (AvgIpc) is 2.90. The minimum Gasteiger partial charge on any atom is -0.494 e. The number of aryl methyl sites for hydroxylation is 1. The Bertz CT molecular complexity index is 1070. The summed E-state index contributed by atoms with van der Waals surface area (Å²) in [5.41, 5.74) is 6.89. The van der Waals surface area contributed by atoms with Crippen LogP contribution in [0.25, 0.3) is 0 Å². The van der Waals surface area contributed by atoms with Crippen molar-refractivity contribution in [3.05, 3.63) is 59.2 Å². The number of hydrogen-bond donors (Lipinski definition) is 1. The van der Waals surface area contributed by atoms with E-state index in [2.05, 4.69) is 6.07 Å². The maximum atomic E-state index is 13.1. The third-order valence-corrected chi connectivity index (χ3v) is 5.75. The first-order valence-corrected chi connectivity index (χ1v) is 10.3. The zero-order valence-electron chi connectivity index (χ0n) is 17.7. The van der Waals surface area contributed by atoms with Crippen LogP contribution < -0.4 is 15.4 Å². The van der Waals surface area contributed by atoms with Gasteiger partial charge in [0, 0.05) is 12.1 Å². The van der Waals surface area contributed by atoms with Crippen molar-refractivity contribution in [2.75, 3.05) is 18.1 Å². The van der Waals surface area contributed by atoms with Gasteiger partial charge < -0.3 is 15.4 Å². The van der Waals surface area contributed by atoms with Crippen LogP contribution in [0.3, 0.4) is 0 Å². The predicted octanol–water partition coefficient (Wildman–Crippen LogP) is 3.15. The minimum absolute atomic E-state index is 0.107. The second-order valence-corrected chi connectivity index (χ2v) is 8.20. The van der Waals surface area contributed by atoms with Gasteiger partial charge in [0.15, 0.2) is 5.11 Å². The predicted molar refractivity (Wildman–Crippen MR) is 122 cm³/mol. The van der Waals surface area contributed by atoms with E-state index in [9.17, 15) is 9.59 Å². The fourth-order valence-corrected chi connectivity index (χ4v) is 3.99. The van der Waals surface area contributed by atoms with Crippen LogP contribution in [0.1, 0.15) is 41.8 Å². The molecule has 2 N–H and O–H groups in total. The van der Waals surface area contributed by atoms with E-state index in [-0.39, 0.29) is 5.91 Å². The number of rotatable bonds is 7. The first-order valence-electron chi connectivity index (χ1n) is 9.86. The largest absolute Gasteiger partial charge is 0.494 e. The van der Waals surface area contributed by atoms with Gasteiger partial charge in [-0.3, -0.25) is 14.5 Å². The first kappa shape index (κ1) is 22.2. The van der Waals surface area contributed by atoms with Crippen LogP contribution in [0.2, 0.25) is 0 Å². The van der Waals surface area contributed by atoms with Gasteiger partial charge in [-0.25, -0.2) is 0 Å². The molecule has 1 aliphatic rings. The molecule has 0 atom stereocenters. The molecule has 8 heteroatoms. The SMILES string of the molecule is Cc1cc(N2C(=O)C(C)(C)N(CCCOc3ccc(C(N)=O)cc3)C2=S)ccc1C#N. The molecule has 0 aliphatic carbocycles. The van der Waals surface area contributed by atoms with Gasteiger partial charge in [-0.15, -0.1) is 0 Å². The molecule has 2 aromatic rings.